The largest absolute Gasteiger partial charge is 0.465 e. The topological polar surface area (TPSA) is 71.8 Å². The summed E-state index contributed by atoms with van der Waals surface area (Å²) in [6, 6.07) is 20.0. The van der Waals surface area contributed by atoms with Gasteiger partial charge in [-0.1, -0.05) is 48.5 Å². The molecule has 0 bridgehead atoms. The van der Waals surface area contributed by atoms with Crippen molar-refractivity contribution in [1.82, 2.24) is 4.90 Å². The fourth-order valence-electron chi connectivity index (χ4n) is 3.24. The Morgan fingerprint density at radius 1 is 1.07 bits per heavy atom. The molecule has 2 aromatic carbocycles. The van der Waals surface area contributed by atoms with Gasteiger partial charge in [0.05, 0.1) is 13.7 Å². The Labute approximate surface area is 170 Å². The van der Waals surface area contributed by atoms with E-state index in [4.69, 9.17) is 9.15 Å². The number of hydrogen-bond acceptors (Lipinski definition) is 5. The molecule has 6 heteroatoms. The van der Waals surface area contributed by atoms with Crippen molar-refractivity contribution in [2.24, 2.45) is 0 Å². The van der Waals surface area contributed by atoms with Crippen LogP contribution in [0.4, 0.5) is 5.69 Å². The lowest BCUT2D eigenvalue weighted by molar-refractivity contribution is -0.121. The van der Waals surface area contributed by atoms with Crippen molar-refractivity contribution in [3.8, 4) is 0 Å². The Morgan fingerprint density at radius 2 is 1.69 bits per heavy atom. The first-order valence-electron chi connectivity index (χ1n) is 9.28. The Morgan fingerprint density at radius 3 is 2.31 bits per heavy atom. The predicted octanol–water partition coefficient (Wildman–Crippen LogP) is 4.19. The van der Waals surface area contributed by atoms with Gasteiger partial charge in [-0.3, -0.25) is 9.69 Å². The summed E-state index contributed by atoms with van der Waals surface area (Å²) in [5.41, 5.74) is 1.98. The van der Waals surface area contributed by atoms with Gasteiger partial charge in [0.2, 0.25) is 5.91 Å². The first-order chi connectivity index (χ1) is 14.0. The first-order valence-corrected chi connectivity index (χ1v) is 9.28. The summed E-state index contributed by atoms with van der Waals surface area (Å²) >= 11 is 0. The van der Waals surface area contributed by atoms with Gasteiger partial charge in [0, 0.05) is 5.69 Å². The number of aryl methyl sites for hydroxylation is 1. The molecule has 0 radical (unpaired) electrons. The lowest BCUT2D eigenvalue weighted by atomic mass is 10.0. The van der Waals surface area contributed by atoms with Crippen LogP contribution in [0.25, 0.3) is 0 Å². The van der Waals surface area contributed by atoms with Crippen LogP contribution in [0.1, 0.15) is 33.5 Å². The average molecular weight is 392 g/mol. The van der Waals surface area contributed by atoms with Crippen LogP contribution < -0.4 is 5.32 Å². The van der Waals surface area contributed by atoms with Gasteiger partial charge in [0.1, 0.15) is 23.1 Å². The number of benzene rings is 2. The maximum absolute atomic E-state index is 13.1. The van der Waals surface area contributed by atoms with Crippen molar-refractivity contribution in [3.05, 3.63) is 89.4 Å². The molecular weight excluding hydrogens is 368 g/mol. The maximum atomic E-state index is 13.1. The number of amides is 1. The van der Waals surface area contributed by atoms with E-state index in [2.05, 4.69) is 5.32 Å². The summed E-state index contributed by atoms with van der Waals surface area (Å²) in [7, 11) is 3.18. The third kappa shape index (κ3) is 4.92. The van der Waals surface area contributed by atoms with Crippen LogP contribution in [0.5, 0.6) is 0 Å². The zero-order chi connectivity index (χ0) is 20.8. The van der Waals surface area contributed by atoms with Gasteiger partial charge >= 0.3 is 5.97 Å². The fourth-order valence-corrected chi connectivity index (χ4v) is 3.24. The average Bonchev–Trinajstić information content (AvgIpc) is 3.09. The molecule has 0 aliphatic heterocycles. The number of furan rings is 1. The first kappa shape index (κ1) is 20.4. The van der Waals surface area contributed by atoms with Crippen molar-refractivity contribution >= 4 is 17.6 Å². The van der Waals surface area contributed by atoms with Crippen molar-refractivity contribution in [3.63, 3.8) is 0 Å². The highest BCUT2D eigenvalue weighted by Gasteiger charge is 2.27. The Bertz CT molecular complexity index is 967. The highest BCUT2D eigenvalue weighted by molar-refractivity contribution is 5.95. The zero-order valence-electron chi connectivity index (χ0n) is 16.7. The van der Waals surface area contributed by atoms with Gasteiger partial charge in [0.15, 0.2) is 0 Å². The molecule has 1 unspecified atom stereocenters. The van der Waals surface area contributed by atoms with Gasteiger partial charge in [-0.2, -0.15) is 0 Å². The lowest BCUT2D eigenvalue weighted by Gasteiger charge is -2.27. The third-order valence-corrected chi connectivity index (χ3v) is 4.63. The predicted molar refractivity (Wildman–Crippen MR) is 111 cm³/mol. The summed E-state index contributed by atoms with van der Waals surface area (Å²) in [6.07, 6.45) is 0. The molecule has 0 saturated heterocycles. The standard InChI is InChI=1S/C23H24N2O4/c1-16-20(23(27)28-3)14-19(29-16)15-25(2)21(17-10-6-4-7-11-17)22(26)24-18-12-8-5-9-13-18/h4-14,21H,15H2,1-3H3,(H,24,26). The fraction of sp³-hybridized carbons (Fsp3) is 0.217. The van der Waals surface area contributed by atoms with Gasteiger partial charge in [-0.25, -0.2) is 4.79 Å². The number of methoxy groups -OCH3 is 1. The van der Waals surface area contributed by atoms with Gasteiger partial charge in [-0.15, -0.1) is 0 Å². The van der Waals surface area contributed by atoms with E-state index in [1.54, 1.807) is 13.0 Å². The quantitative estimate of drug-likeness (QED) is 0.611. The number of para-hydroxylation sites is 1. The number of esters is 1. The zero-order valence-corrected chi connectivity index (χ0v) is 16.7. The molecule has 6 nitrogen and oxygen atoms in total. The van der Waals surface area contributed by atoms with Gasteiger partial charge in [-0.05, 0) is 37.7 Å². The molecule has 0 saturated carbocycles. The van der Waals surface area contributed by atoms with Gasteiger partial charge < -0.3 is 14.5 Å². The summed E-state index contributed by atoms with van der Waals surface area (Å²) in [4.78, 5) is 26.8. The summed E-state index contributed by atoms with van der Waals surface area (Å²) < 4.78 is 10.5. The lowest BCUT2D eigenvalue weighted by Crippen LogP contribution is -2.34. The molecule has 3 rings (SSSR count). The number of likely N-dealkylation sites (N-methyl/N-ethyl adjacent to an activating group) is 1. The number of nitrogens with one attached hydrogen (secondary N) is 1. The van der Waals surface area contributed by atoms with E-state index in [0.717, 1.165) is 11.3 Å². The van der Waals surface area contributed by atoms with Crippen LogP contribution in [-0.4, -0.2) is 30.9 Å². The van der Waals surface area contributed by atoms with E-state index < -0.39 is 12.0 Å². The second kappa shape index (κ2) is 9.21. The second-order valence-electron chi connectivity index (χ2n) is 6.76. The Hall–Kier alpha value is -3.38. The van der Waals surface area contributed by atoms with Crippen LogP contribution in [-0.2, 0) is 16.1 Å². The molecule has 3 aromatic rings. The minimum Gasteiger partial charge on any atom is -0.465 e. The van der Waals surface area contributed by atoms with Gasteiger partial charge in [0.25, 0.3) is 0 Å². The summed E-state index contributed by atoms with van der Waals surface area (Å²) in [5, 5.41) is 2.97. The minimum absolute atomic E-state index is 0.152. The SMILES string of the molecule is COC(=O)c1cc(CN(C)C(C(=O)Nc2ccccc2)c2ccccc2)oc1C. The van der Waals surface area contributed by atoms with E-state index >= 15 is 0 Å². The smallest absolute Gasteiger partial charge is 0.341 e. The van der Waals surface area contributed by atoms with Crippen molar-refractivity contribution < 1.29 is 18.7 Å². The van der Waals surface area contributed by atoms with E-state index in [1.807, 2.05) is 72.6 Å². The van der Waals surface area contributed by atoms with Crippen LogP contribution in [0.3, 0.4) is 0 Å². The second-order valence-corrected chi connectivity index (χ2v) is 6.76. The van der Waals surface area contributed by atoms with Crippen LogP contribution in [0.15, 0.2) is 71.1 Å². The van der Waals surface area contributed by atoms with Crippen LogP contribution >= 0.6 is 0 Å². The third-order valence-electron chi connectivity index (χ3n) is 4.63. The van der Waals surface area contributed by atoms with E-state index in [1.165, 1.54) is 7.11 Å². The molecule has 0 spiro atoms. The Kier molecular flexibility index (Phi) is 6.46. The van der Waals surface area contributed by atoms with Crippen molar-refractivity contribution in [2.45, 2.75) is 19.5 Å². The molecule has 1 heterocycles. The van der Waals surface area contributed by atoms with E-state index in [-0.39, 0.29) is 5.91 Å². The minimum atomic E-state index is -0.539. The summed E-state index contributed by atoms with van der Waals surface area (Å²) in [5.74, 6) is 0.479. The number of nitrogens with zero attached hydrogens (tertiary/aromatic N) is 1. The number of ether oxygens (including phenoxy) is 1. The molecule has 150 valence electrons. The van der Waals surface area contributed by atoms with E-state index in [9.17, 15) is 9.59 Å². The van der Waals surface area contributed by atoms with E-state index in [0.29, 0.717) is 23.6 Å². The van der Waals surface area contributed by atoms with Crippen LogP contribution in [0, 0.1) is 6.92 Å². The molecule has 0 aliphatic carbocycles. The highest BCUT2D eigenvalue weighted by atomic mass is 16.5. The number of anilines is 1. The molecule has 0 fully saturated rings. The van der Waals surface area contributed by atoms with Crippen LogP contribution in [0.2, 0.25) is 0 Å². The highest BCUT2D eigenvalue weighted by Crippen LogP contribution is 2.25. The maximum Gasteiger partial charge on any atom is 0.341 e. The van der Waals surface area contributed by atoms with Crippen molar-refractivity contribution in [2.75, 3.05) is 19.5 Å². The number of hydrogen-bond donors (Lipinski definition) is 1. The molecule has 1 amide bonds. The number of rotatable bonds is 7. The molecule has 29 heavy (non-hydrogen) atoms. The summed E-state index contributed by atoms with van der Waals surface area (Å²) in [6.45, 7) is 2.06. The molecule has 1 N–H and O–H groups in total. The molecule has 1 aromatic heterocycles. The van der Waals surface area contributed by atoms with Crippen molar-refractivity contribution in [1.29, 1.82) is 0 Å². The molecule has 0 aliphatic rings. The number of carbonyl (C=O) groups is 2. The Balaban J connectivity index is 1.84. The number of carbonyl (C=O) groups excluding carboxylic acids is 2. The molecule has 1 atom stereocenters. The molecular formula is C23H24N2O4. The monoisotopic (exact) mass is 392 g/mol. The normalized spacial score (nSPS) is 11.9.